The smallest absolute Gasteiger partial charge is 0.287 e. The molecule has 5 nitrogen and oxygen atoms in total. The monoisotopic (exact) mass is 259 g/mol. The van der Waals surface area contributed by atoms with Crippen LogP contribution < -0.4 is 10.7 Å². The zero-order valence-corrected chi connectivity index (χ0v) is 10.2. The number of para-hydroxylation sites is 1. The van der Waals surface area contributed by atoms with Gasteiger partial charge in [-0.2, -0.15) is 0 Å². The summed E-state index contributed by atoms with van der Waals surface area (Å²) in [6.45, 7) is -0.101. The number of aliphatic hydroxyl groups excluding tert-OH is 1. The van der Waals surface area contributed by atoms with Crippen LogP contribution in [0.2, 0.25) is 0 Å². The second kappa shape index (κ2) is 4.20. The van der Waals surface area contributed by atoms with Crippen LogP contribution in [0.4, 0.5) is 0 Å². The summed E-state index contributed by atoms with van der Waals surface area (Å²) in [5, 5.41) is 12.3. The van der Waals surface area contributed by atoms with Crippen molar-refractivity contribution in [2.24, 2.45) is 0 Å². The zero-order valence-electron chi connectivity index (χ0n) is 10.2. The summed E-state index contributed by atoms with van der Waals surface area (Å²) in [6.07, 6.45) is 1.49. The highest BCUT2D eigenvalue weighted by Crippen LogP contribution is 2.34. The fraction of sp³-hybridized carbons (Fsp3) is 0.286. The molecular weight excluding hydrogens is 246 g/mol. The molecule has 1 fully saturated rings. The minimum Gasteiger partial charge on any atom is -0.451 e. The van der Waals surface area contributed by atoms with Gasteiger partial charge in [0.05, 0.1) is 17.5 Å². The largest absolute Gasteiger partial charge is 0.451 e. The van der Waals surface area contributed by atoms with Crippen LogP contribution in [0.25, 0.3) is 11.0 Å². The van der Waals surface area contributed by atoms with E-state index in [2.05, 4.69) is 5.32 Å². The van der Waals surface area contributed by atoms with Gasteiger partial charge in [0.15, 0.2) is 11.2 Å². The minimum atomic E-state index is -0.526. The Kier molecular flexibility index (Phi) is 2.64. The highest BCUT2D eigenvalue weighted by molar-refractivity contribution is 5.93. The van der Waals surface area contributed by atoms with Crippen LogP contribution in [0.3, 0.4) is 0 Å². The van der Waals surface area contributed by atoms with Crippen molar-refractivity contribution >= 4 is 16.9 Å². The summed E-state index contributed by atoms with van der Waals surface area (Å²) >= 11 is 0. The Morgan fingerprint density at radius 2 is 2.11 bits per heavy atom. The number of rotatable bonds is 3. The summed E-state index contributed by atoms with van der Waals surface area (Å²) in [6, 6.07) is 7.96. The lowest BCUT2D eigenvalue weighted by Gasteiger charge is -2.13. The van der Waals surface area contributed by atoms with Crippen molar-refractivity contribution < 1.29 is 14.3 Å². The van der Waals surface area contributed by atoms with Gasteiger partial charge >= 0.3 is 0 Å². The third-order valence-corrected chi connectivity index (χ3v) is 3.39. The Labute approximate surface area is 108 Å². The molecule has 2 aromatic rings. The molecule has 5 heteroatoms. The first-order chi connectivity index (χ1) is 9.13. The van der Waals surface area contributed by atoms with E-state index in [1.807, 2.05) is 0 Å². The first kappa shape index (κ1) is 11.9. The van der Waals surface area contributed by atoms with Crippen LogP contribution >= 0.6 is 0 Å². The number of nitrogens with one attached hydrogen (secondary N) is 1. The van der Waals surface area contributed by atoms with E-state index in [1.165, 1.54) is 6.07 Å². The highest BCUT2D eigenvalue weighted by atomic mass is 16.3. The molecule has 0 bridgehead atoms. The topological polar surface area (TPSA) is 79.5 Å². The maximum atomic E-state index is 12.0. The molecule has 2 N–H and O–H groups in total. The van der Waals surface area contributed by atoms with Crippen LogP contribution in [0.15, 0.2) is 39.5 Å². The van der Waals surface area contributed by atoms with Gasteiger partial charge in [0, 0.05) is 6.07 Å². The lowest BCUT2D eigenvalue weighted by Crippen LogP contribution is -2.39. The van der Waals surface area contributed by atoms with Crippen LogP contribution in [-0.4, -0.2) is 23.2 Å². The van der Waals surface area contributed by atoms with E-state index in [0.717, 1.165) is 12.8 Å². The SMILES string of the molecule is O=C(NC1(CO)CC1)c1cc(=O)c2ccccc2o1. The lowest BCUT2D eigenvalue weighted by molar-refractivity contribution is 0.0879. The molecule has 0 atom stereocenters. The number of benzene rings is 1. The maximum absolute atomic E-state index is 12.0. The third-order valence-electron chi connectivity index (χ3n) is 3.39. The first-order valence-electron chi connectivity index (χ1n) is 6.10. The molecular formula is C14H13NO4. The first-order valence-corrected chi connectivity index (χ1v) is 6.10. The summed E-state index contributed by atoms with van der Waals surface area (Å²) in [5.41, 5.74) is -0.392. The van der Waals surface area contributed by atoms with Crippen LogP contribution in [0.1, 0.15) is 23.4 Å². The predicted octanol–water partition coefficient (Wildman–Crippen LogP) is 1.05. The quantitative estimate of drug-likeness (QED) is 0.863. The molecule has 1 amide bonds. The van der Waals surface area contributed by atoms with Gasteiger partial charge in [-0.1, -0.05) is 12.1 Å². The van der Waals surface area contributed by atoms with Gasteiger partial charge in [0.25, 0.3) is 5.91 Å². The van der Waals surface area contributed by atoms with Crippen molar-refractivity contribution in [1.29, 1.82) is 0 Å². The van der Waals surface area contributed by atoms with Crippen molar-refractivity contribution in [3.8, 4) is 0 Å². The Hall–Kier alpha value is -2.14. The fourth-order valence-corrected chi connectivity index (χ4v) is 1.99. The van der Waals surface area contributed by atoms with E-state index in [-0.39, 0.29) is 17.8 Å². The van der Waals surface area contributed by atoms with Gasteiger partial charge in [0.2, 0.25) is 0 Å². The molecule has 1 aliphatic carbocycles. The van der Waals surface area contributed by atoms with E-state index in [1.54, 1.807) is 24.3 Å². The molecule has 98 valence electrons. The van der Waals surface area contributed by atoms with E-state index in [9.17, 15) is 14.7 Å². The standard InChI is InChI=1S/C14H13NO4/c16-8-14(5-6-14)15-13(18)12-7-10(17)9-3-1-2-4-11(9)19-12/h1-4,7,16H,5-6,8H2,(H,15,18). The molecule has 0 saturated heterocycles. The van der Waals surface area contributed by atoms with Gasteiger partial charge < -0.3 is 14.8 Å². The second-order valence-corrected chi connectivity index (χ2v) is 4.86. The molecule has 3 rings (SSSR count). The van der Waals surface area contributed by atoms with Crippen molar-refractivity contribution in [2.75, 3.05) is 6.61 Å². The fourth-order valence-electron chi connectivity index (χ4n) is 1.99. The number of hydrogen-bond acceptors (Lipinski definition) is 4. The lowest BCUT2D eigenvalue weighted by atomic mass is 10.2. The van der Waals surface area contributed by atoms with Crippen molar-refractivity contribution in [1.82, 2.24) is 5.32 Å². The van der Waals surface area contributed by atoms with Gasteiger partial charge in [-0.3, -0.25) is 9.59 Å². The minimum absolute atomic E-state index is 0.0246. The molecule has 19 heavy (non-hydrogen) atoms. The summed E-state index contributed by atoms with van der Waals surface area (Å²) in [4.78, 5) is 23.9. The molecule has 1 heterocycles. The summed E-state index contributed by atoms with van der Waals surface area (Å²) in [5.74, 6) is -0.488. The van der Waals surface area contributed by atoms with Crippen molar-refractivity contribution in [3.05, 3.63) is 46.3 Å². The van der Waals surface area contributed by atoms with Gasteiger partial charge in [0.1, 0.15) is 5.58 Å². The number of aliphatic hydroxyl groups is 1. The van der Waals surface area contributed by atoms with Gasteiger partial charge in [-0.05, 0) is 25.0 Å². The van der Waals surface area contributed by atoms with Crippen LogP contribution in [0, 0.1) is 0 Å². The Balaban J connectivity index is 1.97. The van der Waals surface area contributed by atoms with Crippen molar-refractivity contribution in [2.45, 2.75) is 18.4 Å². The maximum Gasteiger partial charge on any atom is 0.287 e. The van der Waals surface area contributed by atoms with Crippen LogP contribution in [-0.2, 0) is 0 Å². The van der Waals surface area contributed by atoms with E-state index >= 15 is 0 Å². The number of carbonyl (C=O) groups is 1. The van der Waals surface area contributed by atoms with Crippen LogP contribution in [0.5, 0.6) is 0 Å². The number of amides is 1. The normalized spacial score (nSPS) is 16.3. The van der Waals surface area contributed by atoms with E-state index in [0.29, 0.717) is 11.0 Å². The average Bonchev–Trinajstić information content (AvgIpc) is 3.19. The zero-order chi connectivity index (χ0) is 13.5. The average molecular weight is 259 g/mol. The third kappa shape index (κ3) is 2.13. The van der Waals surface area contributed by atoms with Gasteiger partial charge in [-0.25, -0.2) is 0 Å². The van der Waals surface area contributed by atoms with Crippen molar-refractivity contribution in [3.63, 3.8) is 0 Å². The Morgan fingerprint density at radius 3 is 2.79 bits per heavy atom. The highest BCUT2D eigenvalue weighted by Gasteiger charge is 2.43. The molecule has 0 unspecified atom stereocenters. The second-order valence-electron chi connectivity index (χ2n) is 4.86. The number of hydrogen-bond donors (Lipinski definition) is 2. The number of fused-ring (bicyclic) bond motifs is 1. The Morgan fingerprint density at radius 1 is 1.37 bits per heavy atom. The molecule has 0 radical (unpaired) electrons. The summed E-state index contributed by atoms with van der Waals surface area (Å²) < 4.78 is 5.43. The van der Waals surface area contributed by atoms with E-state index in [4.69, 9.17) is 4.42 Å². The predicted molar refractivity (Wildman–Crippen MR) is 69.0 cm³/mol. The van der Waals surface area contributed by atoms with E-state index < -0.39 is 11.4 Å². The van der Waals surface area contributed by atoms with Gasteiger partial charge in [-0.15, -0.1) is 0 Å². The Bertz CT molecular complexity index is 700. The molecule has 1 aromatic heterocycles. The molecule has 1 aromatic carbocycles. The molecule has 0 aliphatic heterocycles. The summed E-state index contributed by atoms with van der Waals surface area (Å²) in [7, 11) is 0. The molecule has 1 saturated carbocycles. The molecule has 1 aliphatic rings. The molecule has 0 spiro atoms. The number of carbonyl (C=O) groups excluding carboxylic acids is 1.